The third-order valence-corrected chi connectivity index (χ3v) is 3.98. The third kappa shape index (κ3) is 2.19. The van der Waals surface area contributed by atoms with Gasteiger partial charge in [0.25, 0.3) is 0 Å². The van der Waals surface area contributed by atoms with Gasteiger partial charge >= 0.3 is 11.9 Å². The molecule has 2 fully saturated rings. The lowest BCUT2D eigenvalue weighted by Gasteiger charge is -2.17. The van der Waals surface area contributed by atoms with Crippen LogP contribution in [0.25, 0.3) is 0 Å². The van der Waals surface area contributed by atoms with Crippen molar-refractivity contribution in [1.29, 1.82) is 0 Å². The molecule has 1 aromatic carbocycles. The summed E-state index contributed by atoms with van der Waals surface area (Å²) in [6.07, 6.45) is 0.594. The molecule has 0 N–H and O–H groups in total. The second-order valence-electron chi connectivity index (χ2n) is 5.16. The van der Waals surface area contributed by atoms with E-state index in [1.807, 2.05) is 6.07 Å². The lowest BCUT2D eigenvalue weighted by Crippen LogP contribution is -2.27. The number of carbonyl (C=O) groups excluding carboxylic acids is 3. The van der Waals surface area contributed by atoms with Crippen LogP contribution in [0.2, 0.25) is 0 Å². The van der Waals surface area contributed by atoms with Crippen molar-refractivity contribution in [3.05, 3.63) is 35.9 Å². The SMILES string of the molecule is O=C[C@H]1[C@H]2CC(=O)O[C@H]2C[C@@H]1OC(=O)c1ccccc1. The summed E-state index contributed by atoms with van der Waals surface area (Å²) in [5.41, 5.74) is 0.450. The fourth-order valence-corrected chi connectivity index (χ4v) is 2.99. The molecular weight excluding hydrogens is 260 g/mol. The lowest BCUT2D eigenvalue weighted by molar-refractivity contribution is -0.141. The number of carbonyl (C=O) groups is 3. The summed E-state index contributed by atoms with van der Waals surface area (Å²) in [6, 6.07) is 8.63. The van der Waals surface area contributed by atoms with Gasteiger partial charge in [-0.25, -0.2) is 4.79 Å². The minimum Gasteiger partial charge on any atom is -0.462 e. The Morgan fingerprint density at radius 1 is 1.30 bits per heavy atom. The minimum atomic E-state index is -0.511. The Balaban J connectivity index is 1.71. The summed E-state index contributed by atoms with van der Waals surface area (Å²) >= 11 is 0. The summed E-state index contributed by atoms with van der Waals surface area (Å²) in [6.45, 7) is 0. The van der Waals surface area contributed by atoms with E-state index in [1.54, 1.807) is 24.3 Å². The zero-order valence-corrected chi connectivity index (χ0v) is 10.7. The van der Waals surface area contributed by atoms with E-state index < -0.39 is 18.0 Å². The Morgan fingerprint density at radius 2 is 2.05 bits per heavy atom. The predicted octanol–water partition coefficient (Wildman–Crippen LogP) is 1.36. The van der Waals surface area contributed by atoms with Crippen LogP contribution in [0.3, 0.4) is 0 Å². The largest absolute Gasteiger partial charge is 0.462 e. The number of aldehydes is 1. The van der Waals surface area contributed by atoms with Crippen molar-refractivity contribution in [3.8, 4) is 0 Å². The van der Waals surface area contributed by atoms with E-state index in [4.69, 9.17) is 9.47 Å². The molecule has 20 heavy (non-hydrogen) atoms. The summed E-state index contributed by atoms with van der Waals surface area (Å²) < 4.78 is 10.6. The highest BCUT2D eigenvalue weighted by atomic mass is 16.6. The zero-order chi connectivity index (χ0) is 14.1. The van der Waals surface area contributed by atoms with Gasteiger partial charge in [-0.05, 0) is 12.1 Å². The Labute approximate surface area is 115 Å². The van der Waals surface area contributed by atoms with Crippen LogP contribution < -0.4 is 0 Å². The number of esters is 2. The number of fused-ring (bicyclic) bond motifs is 1. The summed E-state index contributed by atoms with van der Waals surface area (Å²) in [5, 5.41) is 0. The van der Waals surface area contributed by atoms with Crippen molar-refractivity contribution in [2.24, 2.45) is 11.8 Å². The molecule has 2 aliphatic rings. The highest BCUT2D eigenvalue weighted by molar-refractivity contribution is 5.89. The topological polar surface area (TPSA) is 69.7 Å². The Hall–Kier alpha value is -2.17. The van der Waals surface area contributed by atoms with E-state index in [2.05, 4.69) is 0 Å². The van der Waals surface area contributed by atoms with Gasteiger partial charge in [-0.15, -0.1) is 0 Å². The summed E-state index contributed by atoms with van der Waals surface area (Å²) in [5.74, 6) is -1.35. The lowest BCUT2D eigenvalue weighted by atomic mass is 9.93. The second kappa shape index (κ2) is 5.07. The summed E-state index contributed by atoms with van der Waals surface area (Å²) in [4.78, 5) is 34.4. The first-order valence-corrected chi connectivity index (χ1v) is 6.60. The van der Waals surface area contributed by atoms with Crippen LogP contribution in [0.1, 0.15) is 23.2 Å². The van der Waals surface area contributed by atoms with Gasteiger partial charge in [-0.1, -0.05) is 18.2 Å². The van der Waals surface area contributed by atoms with Gasteiger partial charge in [0.2, 0.25) is 0 Å². The van der Waals surface area contributed by atoms with Crippen molar-refractivity contribution in [1.82, 2.24) is 0 Å². The number of rotatable bonds is 3. The van der Waals surface area contributed by atoms with Gasteiger partial charge in [0.05, 0.1) is 17.9 Å². The normalized spacial score (nSPS) is 31.5. The Bertz CT molecular complexity index is 538. The molecule has 1 aliphatic carbocycles. The molecule has 0 unspecified atom stereocenters. The van der Waals surface area contributed by atoms with Crippen LogP contribution in [0, 0.1) is 11.8 Å². The maximum Gasteiger partial charge on any atom is 0.338 e. The maximum atomic E-state index is 12.0. The first kappa shape index (κ1) is 12.8. The molecule has 4 atom stereocenters. The quantitative estimate of drug-likeness (QED) is 0.615. The van der Waals surface area contributed by atoms with Crippen LogP contribution in [-0.4, -0.2) is 30.4 Å². The van der Waals surface area contributed by atoms with Crippen molar-refractivity contribution < 1.29 is 23.9 Å². The van der Waals surface area contributed by atoms with Gasteiger partial charge in [0, 0.05) is 12.3 Å². The first-order chi connectivity index (χ1) is 9.69. The molecule has 3 rings (SSSR count). The average molecular weight is 274 g/mol. The van der Waals surface area contributed by atoms with E-state index in [0.29, 0.717) is 12.0 Å². The third-order valence-electron chi connectivity index (χ3n) is 3.98. The van der Waals surface area contributed by atoms with Gasteiger partial charge in [0.15, 0.2) is 0 Å². The standard InChI is InChI=1S/C15H14O5/c16-8-11-10-6-14(17)19-12(10)7-13(11)20-15(18)9-4-2-1-3-5-9/h1-5,8,10-13H,6-7H2/t10-,11+,12+,13+/m1/s1. The molecule has 5 nitrogen and oxygen atoms in total. The molecular formula is C15H14O5. The van der Waals surface area contributed by atoms with E-state index in [0.717, 1.165) is 6.29 Å². The highest BCUT2D eigenvalue weighted by Crippen LogP contribution is 2.41. The smallest absolute Gasteiger partial charge is 0.338 e. The molecule has 1 aromatic rings. The van der Waals surface area contributed by atoms with Crippen molar-refractivity contribution >= 4 is 18.2 Å². The van der Waals surface area contributed by atoms with Crippen LogP contribution in [-0.2, 0) is 19.1 Å². The number of ether oxygens (including phenoxy) is 2. The monoisotopic (exact) mass is 274 g/mol. The van der Waals surface area contributed by atoms with Crippen LogP contribution in [0.15, 0.2) is 30.3 Å². The second-order valence-corrected chi connectivity index (χ2v) is 5.16. The van der Waals surface area contributed by atoms with E-state index in [9.17, 15) is 14.4 Å². The molecule has 1 saturated heterocycles. The predicted molar refractivity (Wildman–Crippen MR) is 67.8 cm³/mol. The van der Waals surface area contributed by atoms with Crippen LogP contribution in [0.4, 0.5) is 0 Å². The van der Waals surface area contributed by atoms with Gasteiger partial charge < -0.3 is 14.3 Å². The van der Waals surface area contributed by atoms with Crippen LogP contribution >= 0.6 is 0 Å². The molecule has 1 heterocycles. The maximum absolute atomic E-state index is 12.0. The Kier molecular flexibility index (Phi) is 3.26. The van der Waals surface area contributed by atoms with E-state index in [-0.39, 0.29) is 24.4 Å². The van der Waals surface area contributed by atoms with Crippen LogP contribution in [0.5, 0.6) is 0 Å². The summed E-state index contributed by atoms with van der Waals surface area (Å²) in [7, 11) is 0. The minimum absolute atomic E-state index is 0.159. The molecule has 0 amide bonds. The van der Waals surface area contributed by atoms with E-state index >= 15 is 0 Å². The van der Waals surface area contributed by atoms with Gasteiger partial charge in [-0.2, -0.15) is 0 Å². The van der Waals surface area contributed by atoms with Crippen molar-refractivity contribution in [3.63, 3.8) is 0 Å². The molecule has 1 aliphatic heterocycles. The van der Waals surface area contributed by atoms with Crippen molar-refractivity contribution in [2.45, 2.75) is 25.0 Å². The van der Waals surface area contributed by atoms with E-state index in [1.165, 1.54) is 0 Å². The molecule has 0 spiro atoms. The molecule has 0 aromatic heterocycles. The number of benzene rings is 1. The molecule has 0 radical (unpaired) electrons. The number of hydrogen-bond acceptors (Lipinski definition) is 5. The van der Waals surface area contributed by atoms with Gasteiger partial charge in [0.1, 0.15) is 18.5 Å². The zero-order valence-electron chi connectivity index (χ0n) is 10.7. The number of hydrogen-bond donors (Lipinski definition) is 0. The van der Waals surface area contributed by atoms with Crippen molar-refractivity contribution in [2.75, 3.05) is 0 Å². The molecule has 1 saturated carbocycles. The Morgan fingerprint density at radius 3 is 2.75 bits per heavy atom. The molecule has 104 valence electrons. The fraction of sp³-hybridized carbons (Fsp3) is 0.400. The molecule has 0 bridgehead atoms. The first-order valence-electron chi connectivity index (χ1n) is 6.60. The average Bonchev–Trinajstić information content (AvgIpc) is 2.95. The molecule has 5 heteroatoms. The van der Waals surface area contributed by atoms with Gasteiger partial charge in [-0.3, -0.25) is 4.79 Å². The fourth-order valence-electron chi connectivity index (χ4n) is 2.99. The highest BCUT2D eigenvalue weighted by Gasteiger charge is 2.51.